The highest BCUT2D eigenvalue weighted by Crippen LogP contribution is 2.24. The first-order chi connectivity index (χ1) is 10.6. The summed E-state index contributed by atoms with van der Waals surface area (Å²) in [6.45, 7) is 0.381. The lowest BCUT2D eigenvalue weighted by atomic mass is 10.2. The van der Waals surface area contributed by atoms with Crippen LogP contribution in [0.25, 0.3) is 11.3 Å². The van der Waals surface area contributed by atoms with Crippen LogP contribution in [-0.4, -0.2) is 29.1 Å². The Morgan fingerprint density at radius 3 is 2.91 bits per heavy atom. The molecule has 2 rings (SSSR count). The van der Waals surface area contributed by atoms with Gasteiger partial charge in [0, 0.05) is 10.6 Å². The molecule has 0 spiro atoms. The number of hydrogen-bond acceptors (Lipinski definition) is 4. The van der Waals surface area contributed by atoms with E-state index in [9.17, 15) is 9.90 Å². The SMILES string of the molecule is CSCCC(NCc1ccc(-c2cccc(Cl)c2)o1)C(=O)O. The highest BCUT2D eigenvalue weighted by Gasteiger charge is 2.16. The molecular formula is C16H18ClNO3S. The summed E-state index contributed by atoms with van der Waals surface area (Å²) in [5.41, 5.74) is 0.899. The molecule has 0 aliphatic carbocycles. The van der Waals surface area contributed by atoms with Crippen LogP contribution >= 0.6 is 23.4 Å². The Morgan fingerprint density at radius 2 is 2.23 bits per heavy atom. The molecule has 2 aromatic rings. The van der Waals surface area contributed by atoms with Gasteiger partial charge in [-0.1, -0.05) is 23.7 Å². The van der Waals surface area contributed by atoms with Crippen LogP contribution in [0.5, 0.6) is 0 Å². The molecule has 0 aliphatic rings. The Kier molecular flexibility index (Phi) is 6.36. The molecule has 0 aliphatic heterocycles. The van der Waals surface area contributed by atoms with Gasteiger partial charge in [0.1, 0.15) is 17.6 Å². The summed E-state index contributed by atoms with van der Waals surface area (Å²) in [6, 6.07) is 10.6. The van der Waals surface area contributed by atoms with Crippen molar-refractivity contribution in [2.45, 2.75) is 19.0 Å². The van der Waals surface area contributed by atoms with Crippen molar-refractivity contribution in [3.8, 4) is 11.3 Å². The normalized spacial score (nSPS) is 12.3. The Hall–Kier alpha value is -1.43. The van der Waals surface area contributed by atoms with Crippen molar-refractivity contribution in [3.63, 3.8) is 0 Å². The first kappa shape index (κ1) is 16.9. The Labute approximate surface area is 138 Å². The van der Waals surface area contributed by atoms with E-state index in [0.717, 1.165) is 17.1 Å². The fourth-order valence-electron chi connectivity index (χ4n) is 2.04. The largest absolute Gasteiger partial charge is 0.480 e. The molecule has 0 fully saturated rings. The second-order valence-electron chi connectivity index (χ2n) is 4.83. The van der Waals surface area contributed by atoms with E-state index in [-0.39, 0.29) is 0 Å². The van der Waals surface area contributed by atoms with Crippen molar-refractivity contribution in [1.29, 1.82) is 0 Å². The van der Waals surface area contributed by atoms with Gasteiger partial charge in [-0.2, -0.15) is 11.8 Å². The van der Waals surface area contributed by atoms with Crippen molar-refractivity contribution >= 4 is 29.3 Å². The van der Waals surface area contributed by atoms with Crippen LogP contribution < -0.4 is 5.32 Å². The number of carboxylic acids is 1. The zero-order valence-corrected chi connectivity index (χ0v) is 13.8. The maximum Gasteiger partial charge on any atom is 0.320 e. The molecule has 4 nitrogen and oxygen atoms in total. The van der Waals surface area contributed by atoms with Gasteiger partial charge >= 0.3 is 5.97 Å². The van der Waals surface area contributed by atoms with Gasteiger partial charge in [-0.25, -0.2) is 0 Å². The van der Waals surface area contributed by atoms with Gasteiger partial charge in [0.25, 0.3) is 0 Å². The second-order valence-corrected chi connectivity index (χ2v) is 6.25. The Bertz CT molecular complexity index is 629. The number of hydrogen-bond donors (Lipinski definition) is 2. The van der Waals surface area contributed by atoms with Crippen molar-refractivity contribution in [2.75, 3.05) is 12.0 Å². The van der Waals surface area contributed by atoms with E-state index in [4.69, 9.17) is 16.0 Å². The van der Waals surface area contributed by atoms with Crippen molar-refractivity contribution < 1.29 is 14.3 Å². The van der Waals surface area contributed by atoms with Crippen LogP contribution in [-0.2, 0) is 11.3 Å². The molecule has 0 saturated heterocycles. The molecule has 0 bridgehead atoms. The lowest BCUT2D eigenvalue weighted by Crippen LogP contribution is -2.36. The minimum atomic E-state index is -0.837. The van der Waals surface area contributed by atoms with Gasteiger partial charge in [0.15, 0.2) is 0 Å². The molecule has 118 valence electrons. The number of benzene rings is 1. The summed E-state index contributed by atoms with van der Waals surface area (Å²) < 4.78 is 5.74. The molecule has 6 heteroatoms. The molecule has 0 amide bonds. The lowest BCUT2D eigenvalue weighted by Gasteiger charge is -2.12. The van der Waals surface area contributed by atoms with Crippen LogP contribution in [0.1, 0.15) is 12.2 Å². The van der Waals surface area contributed by atoms with E-state index in [1.807, 2.05) is 36.6 Å². The number of carboxylic acid groups (broad SMARTS) is 1. The fourth-order valence-corrected chi connectivity index (χ4v) is 2.70. The fraction of sp³-hybridized carbons (Fsp3) is 0.312. The number of furan rings is 1. The predicted molar refractivity (Wildman–Crippen MR) is 90.4 cm³/mol. The molecular weight excluding hydrogens is 322 g/mol. The summed E-state index contributed by atoms with van der Waals surface area (Å²) in [5, 5.41) is 12.8. The minimum absolute atomic E-state index is 0.381. The monoisotopic (exact) mass is 339 g/mol. The van der Waals surface area contributed by atoms with Gasteiger partial charge in [-0.05, 0) is 42.7 Å². The lowest BCUT2D eigenvalue weighted by molar-refractivity contribution is -0.139. The summed E-state index contributed by atoms with van der Waals surface area (Å²) in [7, 11) is 0. The van der Waals surface area contributed by atoms with Crippen LogP contribution in [0, 0.1) is 0 Å². The molecule has 1 atom stereocenters. The third-order valence-electron chi connectivity index (χ3n) is 3.20. The maximum atomic E-state index is 11.2. The zero-order valence-electron chi connectivity index (χ0n) is 12.2. The van der Waals surface area contributed by atoms with Crippen LogP contribution in [0.2, 0.25) is 5.02 Å². The third-order valence-corrected chi connectivity index (χ3v) is 4.08. The van der Waals surface area contributed by atoms with Crippen LogP contribution in [0.3, 0.4) is 0 Å². The molecule has 1 unspecified atom stereocenters. The molecule has 1 heterocycles. The Balaban J connectivity index is 1.98. The topological polar surface area (TPSA) is 62.5 Å². The van der Waals surface area contributed by atoms with E-state index in [2.05, 4.69) is 5.32 Å². The zero-order chi connectivity index (χ0) is 15.9. The molecule has 0 saturated carbocycles. The summed E-state index contributed by atoms with van der Waals surface area (Å²) in [5.74, 6) is 1.38. The molecule has 1 aromatic heterocycles. The van der Waals surface area contributed by atoms with Crippen molar-refractivity contribution in [2.24, 2.45) is 0 Å². The third kappa shape index (κ3) is 4.80. The van der Waals surface area contributed by atoms with Gasteiger partial charge in [-0.15, -0.1) is 0 Å². The highest BCUT2D eigenvalue weighted by atomic mass is 35.5. The summed E-state index contributed by atoms with van der Waals surface area (Å²) >= 11 is 7.60. The summed E-state index contributed by atoms with van der Waals surface area (Å²) in [6.07, 6.45) is 2.54. The van der Waals surface area contributed by atoms with Gasteiger partial charge in [-0.3, -0.25) is 10.1 Å². The molecule has 1 aromatic carbocycles. The number of halogens is 1. The average molecular weight is 340 g/mol. The van der Waals surface area contributed by atoms with Crippen LogP contribution in [0.4, 0.5) is 0 Å². The number of nitrogens with one attached hydrogen (secondary N) is 1. The molecule has 22 heavy (non-hydrogen) atoms. The van der Waals surface area contributed by atoms with E-state index < -0.39 is 12.0 Å². The van der Waals surface area contributed by atoms with Gasteiger partial charge in [0.05, 0.1) is 6.54 Å². The maximum absolute atomic E-state index is 11.2. The van der Waals surface area contributed by atoms with Crippen molar-refractivity contribution in [3.05, 3.63) is 47.2 Å². The Morgan fingerprint density at radius 1 is 1.41 bits per heavy atom. The minimum Gasteiger partial charge on any atom is -0.480 e. The van der Waals surface area contributed by atoms with E-state index in [0.29, 0.717) is 23.7 Å². The van der Waals surface area contributed by atoms with Gasteiger partial charge < -0.3 is 9.52 Å². The van der Waals surface area contributed by atoms with E-state index in [1.54, 1.807) is 17.8 Å². The number of carbonyl (C=O) groups is 1. The first-order valence-corrected chi connectivity index (χ1v) is 8.67. The first-order valence-electron chi connectivity index (χ1n) is 6.90. The molecule has 0 radical (unpaired) electrons. The standard InChI is InChI=1S/C16H18ClNO3S/c1-22-8-7-14(16(19)20)18-10-13-5-6-15(21-13)11-3-2-4-12(17)9-11/h2-6,9,14,18H,7-8,10H2,1H3,(H,19,20). The predicted octanol–water partition coefficient (Wildman–Crippen LogP) is 3.90. The van der Waals surface area contributed by atoms with Crippen molar-refractivity contribution in [1.82, 2.24) is 5.32 Å². The quantitative estimate of drug-likeness (QED) is 0.763. The number of aliphatic carboxylic acids is 1. The van der Waals surface area contributed by atoms with E-state index >= 15 is 0 Å². The van der Waals surface area contributed by atoms with E-state index in [1.165, 1.54) is 0 Å². The van der Waals surface area contributed by atoms with Gasteiger partial charge in [0.2, 0.25) is 0 Å². The molecule has 2 N–H and O–H groups in total. The second kappa shape index (κ2) is 8.27. The number of thioether (sulfide) groups is 1. The van der Waals surface area contributed by atoms with Crippen LogP contribution in [0.15, 0.2) is 40.8 Å². The highest BCUT2D eigenvalue weighted by molar-refractivity contribution is 7.98. The summed E-state index contributed by atoms with van der Waals surface area (Å²) in [4.78, 5) is 11.2. The average Bonchev–Trinajstić information content (AvgIpc) is 2.96. The number of rotatable bonds is 8. The smallest absolute Gasteiger partial charge is 0.320 e.